The number of rotatable bonds is 14. The van der Waals surface area contributed by atoms with Gasteiger partial charge >= 0.3 is 0 Å². The van der Waals surface area contributed by atoms with Crippen LogP contribution in [-0.4, -0.2) is 86.2 Å². The van der Waals surface area contributed by atoms with Crippen molar-refractivity contribution in [1.82, 2.24) is 15.1 Å². The highest BCUT2D eigenvalue weighted by molar-refractivity contribution is 7.97. The van der Waals surface area contributed by atoms with Crippen LogP contribution in [0.4, 0.5) is 5.69 Å². The molecule has 12 heteroatoms. The molecule has 4 rings (SSSR count). The van der Waals surface area contributed by atoms with Gasteiger partial charge in [0.15, 0.2) is 6.29 Å². The first-order valence-electron chi connectivity index (χ1n) is 13.9. The van der Waals surface area contributed by atoms with Crippen LogP contribution in [0.1, 0.15) is 42.5 Å². The van der Waals surface area contributed by atoms with Gasteiger partial charge in [0.05, 0.1) is 20.3 Å². The van der Waals surface area contributed by atoms with E-state index in [0.29, 0.717) is 56.1 Å². The number of amides is 2. The lowest BCUT2D eigenvalue weighted by atomic mass is 9.96. The van der Waals surface area contributed by atoms with Gasteiger partial charge in [-0.2, -0.15) is 0 Å². The molecule has 2 aliphatic rings. The Labute approximate surface area is 245 Å². The maximum absolute atomic E-state index is 13.7. The first-order chi connectivity index (χ1) is 20.0. The highest BCUT2D eigenvalue weighted by Crippen LogP contribution is 2.42. The molecule has 2 amide bonds. The first-order valence-corrected chi connectivity index (χ1v) is 14.7. The lowest BCUT2D eigenvalue weighted by Crippen LogP contribution is -2.60. The Bertz CT molecular complexity index is 1120. The minimum atomic E-state index is -0.984. The van der Waals surface area contributed by atoms with E-state index in [1.165, 1.54) is 11.9 Å². The number of aliphatic hydroxyl groups excluding tert-OH is 1. The van der Waals surface area contributed by atoms with Crippen molar-refractivity contribution in [3.8, 4) is 5.75 Å². The maximum Gasteiger partial charge on any atom is 0.266 e. The average Bonchev–Trinajstić information content (AvgIpc) is 3.37. The number of anilines is 1. The summed E-state index contributed by atoms with van der Waals surface area (Å²) in [6.45, 7) is 1.93. The number of carbonyl (C=O) groups excluding carboxylic acids is 2. The summed E-state index contributed by atoms with van der Waals surface area (Å²) in [7, 11) is 3.21. The van der Waals surface area contributed by atoms with E-state index in [4.69, 9.17) is 19.0 Å². The van der Waals surface area contributed by atoms with Gasteiger partial charge in [-0.1, -0.05) is 0 Å². The molecule has 3 atom stereocenters. The molecule has 0 aromatic heterocycles. The van der Waals surface area contributed by atoms with Crippen LogP contribution in [0.3, 0.4) is 0 Å². The molecule has 224 valence electrons. The summed E-state index contributed by atoms with van der Waals surface area (Å²) < 4.78 is 17.9. The van der Waals surface area contributed by atoms with E-state index >= 15 is 0 Å². The Morgan fingerprint density at radius 3 is 2.54 bits per heavy atom. The number of hydrogen-bond acceptors (Lipinski definition) is 10. The van der Waals surface area contributed by atoms with Crippen LogP contribution in [-0.2, 0) is 19.1 Å². The van der Waals surface area contributed by atoms with E-state index in [9.17, 15) is 14.7 Å². The summed E-state index contributed by atoms with van der Waals surface area (Å²) in [4.78, 5) is 32.9. The van der Waals surface area contributed by atoms with Gasteiger partial charge in [0, 0.05) is 55.4 Å². The monoisotopic (exact) mass is 588 g/mol. The lowest BCUT2D eigenvalue weighted by molar-refractivity contribution is -0.204. The molecule has 41 heavy (non-hydrogen) atoms. The molecule has 4 N–H and O–H groups in total. The summed E-state index contributed by atoms with van der Waals surface area (Å²) in [5.41, 5.74) is 2.84. The predicted molar refractivity (Wildman–Crippen MR) is 155 cm³/mol. The highest BCUT2D eigenvalue weighted by Gasteiger charge is 2.52. The van der Waals surface area contributed by atoms with Gasteiger partial charge in [-0.05, 0) is 86.2 Å². The van der Waals surface area contributed by atoms with E-state index in [1.807, 2.05) is 28.6 Å². The highest BCUT2D eigenvalue weighted by atomic mass is 32.2. The van der Waals surface area contributed by atoms with Gasteiger partial charge in [0.1, 0.15) is 11.3 Å². The molecule has 2 saturated heterocycles. The van der Waals surface area contributed by atoms with Crippen LogP contribution in [0.25, 0.3) is 0 Å². The Morgan fingerprint density at radius 2 is 1.88 bits per heavy atom. The molecule has 11 nitrogen and oxygen atoms in total. The number of nitrogens with zero attached hydrogens (tertiary/aromatic N) is 1. The third kappa shape index (κ3) is 8.19. The Kier molecular flexibility index (Phi) is 11.8. The van der Waals surface area contributed by atoms with E-state index < -0.39 is 11.8 Å². The number of benzene rings is 2. The lowest BCUT2D eigenvalue weighted by Gasteiger charge is -2.38. The van der Waals surface area contributed by atoms with Gasteiger partial charge in [-0.25, -0.2) is 14.6 Å². The number of nitrogens with one attached hydrogen (secondary N) is 3. The smallest absolute Gasteiger partial charge is 0.266 e. The first kappa shape index (κ1) is 31.2. The van der Waals surface area contributed by atoms with Gasteiger partial charge < -0.3 is 30.0 Å². The topological polar surface area (TPSA) is 131 Å². The Balaban J connectivity index is 1.46. The second kappa shape index (κ2) is 15.5. The molecule has 2 aliphatic heterocycles. The fraction of sp³-hybridized carbons (Fsp3) is 0.517. The standard InChI is InChI=1S/C29H40N4O7S/c1-37-18-16-30-20-29(28(36)32-40-26-5-3-4-17-39-26)15-14-23(19-34)33(29)41-25-12-8-22(9-13-25)31-27(35)21-6-10-24(38-2)11-7-21/h6-13,23,26,30,34H,3-5,14-20H2,1-2H3,(H,31,35)(H,32,36). The zero-order chi connectivity index (χ0) is 29.1. The van der Waals surface area contributed by atoms with Gasteiger partial charge in [0.25, 0.3) is 11.8 Å². The van der Waals surface area contributed by atoms with Crippen LogP contribution in [0.2, 0.25) is 0 Å². The average molecular weight is 589 g/mol. The predicted octanol–water partition coefficient (Wildman–Crippen LogP) is 2.96. The maximum atomic E-state index is 13.7. The van der Waals surface area contributed by atoms with Crippen molar-refractivity contribution >= 4 is 29.4 Å². The number of methoxy groups -OCH3 is 2. The van der Waals surface area contributed by atoms with Crippen LogP contribution >= 0.6 is 11.9 Å². The summed E-state index contributed by atoms with van der Waals surface area (Å²) in [6, 6.07) is 14.0. The number of carbonyl (C=O) groups is 2. The molecule has 0 aliphatic carbocycles. The molecule has 2 aromatic carbocycles. The molecule has 0 spiro atoms. The third-order valence-corrected chi connectivity index (χ3v) is 8.59. The third-order valence-electron chi connectivity index (χ3n) is 7.27. The molecule has 0 radical (unpaired) electrons. The summed E-state index contributed by atoms with van der Waals surface area (Å²) >= 11 is 1.40. The summed E-state index contributed by atoms with van der Waals surface area (Å²) in [5, 5.41) is 16.5. The molecular weight excluding hydrogens is 548 g/mol. The molecule has 3 unspecified atom stereocenters. The number of hydroxylamine groups is 1. The SMILES string of the molecule is COCCNCC1(C(=O)NOC2CCCCO2)CCC(CO)N1Sc1ccc(NC(=O)c2ccc(OC)cc2)cc1. The van der Waals surface area contributed by atoms with E-state index in [2.05, 4.69) is 16.1 Å². The van der Waals surface area contributed by atoms with E-state index in [1.54, 1.807) is 38.5 Å². The van der Waals surface area contributed by atoms with Crippen LogP contribution in [0.15, 0.2) is 53.4 Å². The van der Waals surface area contributed by atoms with E-state index in [0.717, 1.165) is 24.2 Å². The second-order valence-electron chi connectivity index (χ2n) is 10.0. The molecule has 0 bridgehead atoms. The second-order valence-corrected chi connectivity index (χ2v) is 11.1. The van der Waals surface area contributed by atoms with Crippen molar-refractivity contribution in [3.05, 3.63) is 54.1 Å². The zero-order valence-corrected chi connectivity index (χ0v) is 24.4. The van der Waals surface area contributed by atoms with Crippen molar-refractivity contribution in [3.63, 3.8) is 0 Å². The van der Waals surface area contributed by atoms with Crippen molar-refractivity contribution in [1.29, 1.82) is 0 Å². The zero-order valence-electron chi connectivity index (χ0n) is 23.6. The minimum Gasteiger partial charge on any atom is -0.497 e. The largest absolute Gasteiger partial charge is 0.497 e. The Morgan fingerprint density at radius 1 is 1.10 bits per heavy atom. The van der Waals surface area contributed by atoms with Gasteiger partial charge in [0.2, 0.25) is 0 Å². The summed E-state index contributed by atoms with van der Waals surface area (Å²) in [5.74, 6) is 0.162. The fourth-order valence-electron chi connectivity index (χ4n) is 4.92. The Hall–Kier alpha value is -2.71. The number of hydrogen-bond donors (Lipinski definition) is 4. The van der Waals surface area contributed by atoms with E-state index in [-0.39, 0.29) is 24.5 Å². The van der Waals surface area contributed by atoms with Crippen LogP contribution in [0.5, 0.6) is 5.75 Å². The van der Waals surface area contributed by atoms with Gasteiger partial charge in [-0.15, -0.1) is 0 Å². The van der Waals surface area contributed by atoms with Crippen molar-refractivity contribution in [2.75, 3.05) is 52.4 Å². The summed E-state index contributed by atoms with van der Waals surface area (Å²) in [6.07, 6.45) is 3.38. The van der Waals surface area contributed by atoms with Crippen LogP contribution in [0, 0.1) is 0 Å². The molecule has 0 saturated carbocycles. The molecule has 2 fully saturated rings. The quantitative estimate of drug-likeness (QED) is 0.148. The molecule has 2 heterocycles. The molecular formula is C29H40N4O7S. The van der Waals surface area contributed by atoms with Crippen molar-refractivity contribution in [2.45, 2.75) is 54.9 Å². The van der Waals surface area contributed by atoms with Crippen LogP contribution < -0.4 is 20.9 Å². The minimum absolute atomic E-state index is 0.0945. The normalized spacial score (nSPS) is 22.8. The number of aliphatic hydroxyl groups is 1. The number of ether oxygens (including phenoxy) is 3. The molecule has 2 aromatic rings. The van der Waals surface area contributed by atoms with Crippen molar-refractivity contribution in [2.24, 2.45) is 0 Å². The fourth-order valence-corrected chi connectivity index (χ4v) is 6.14. The van der Waals surface area contributed by atoms with Gasteiger partial charge in [-0.3, -0.25) is 9.59 Å². The van der Waals surface area contributed by atoms with Crippen molar-refractivity contribution < 1.29 is 33.7 Å².